The minimum Gasteiger partial charge on any atom is -0.466 e. The van der Waals surface area contributed by atoms with E-state index in [1.54, 1.807) is 24.5 Å². The first-order valence-electron chi connectivity index (χ1n) is 5.05. The van der Waals surface area contributed by atoms with Gasteiger partial charge in [-0.25, -0.2) is 13.6 Å². The summed E-state index contributed by atoms with van der Waals surface area (Å²) in [6.45, 7) is 0.502. The van der Waals surface area contributed by atoms with Gasteiger partial charge in [-0.05, 0) is 46.3 Å². The monoisotopic (exact) mass is 330 g/mol. The molecule has 0 bridgehead atoms. The fourth-order valence-corrected chi connectivity index (χ4v) is 2.25. The first kappa shape index (κ1) is 13.1. The molecule has 0 spiro atoms. The Morgan fingerprint density at radius 3 is 2.39 bits per heavy atom. The Hall–Kier alpha value is -1.31. The maximum atomic E-state index is 11.1. The summed E-state index contributed by atoms with van der Waals surface area (Å²) in [5.74, 6) is 0.769. The standard InChI is InChI=1S/C11H11BrN2O3S/c12-10-5-6-17-11(10)7-14-8-1-3-9(4-2-8)18(13,15)16/h1-6,14H,7H2,(H2,13,15,16). The highest BCUT2D eigenvalue weighted by atomic mass is 79.9. The van der Waals surface area contributed by atoms with E-state index in [0.29, 0.717) is 6.54 Å². The predicted molar refractivity (Wildman–Crippen MR) is 71.5 cm³/mol. The van der Waals surface area contributed by atoms with Crippen LogP contribution in [-0.4, -0.2) is 8.42 Å². The summed E-state index contributed by atoms with van der Waals surface area (Å²) in [6.07, 6.45) is 1.59. The third kappa shape index (κ3) is 3.12. The van der Waals surface area contributed by atoms with Crippen LogP contribution in [-0.2, 0) is 16.6 Å². The molecule has 7 heteroatoms. The van der Waals surface area contributed by atoms with Gasteiger partial charge in [-0.3, -0.25) is 0 Å². The van der Waals surface area contributed by atoms with Crippen LogP contribution >= 0.6 is 15.9 Å². The molecule has 1 aromatic heterocycles. The van der Waals surface area contributed by atoms with Crippen molar-refractivity contribution in [1.82, 2.24) is 0 Å². The molecule has 0 aliphatic rings. The first-order valence-corrected chi connectivity index (χ1v) is 7.39. The van der Waals surface area contributed by atoms with Crippen molar-refractivity contribution in [1.29, 1.82) is 0 Å². The summed E-state index contributed by atoms with van der Waals surface area (Å²) < 4.78 is 28.3. The molecule has 0 fully saturated rings. The van der Waals surface area contributed by atoms with E-state index in [0.717, 1.165) is 15.9 Å². The number of sulfonamides is 1. The number of halogens is 1. The molecule has 96 valence electrons. The van der Waals surface area contributed by atoms with Gasteiger partial charge in [-0.2, -0.15) is 0 Å². The van der Waals surface area contributed by atoms with Gasteiger partial charge < -0.3 is 9.73 Å². The smallest absolute Gasteiger partial charge is 0.238 e. The molecule has 0 amide bonds. The van der Waals surface area contributed by atoms with Gasteiger partial charge in [0.2, 0.25) is 10.0 Å². The van der Waals surface area contributed by atoms with Crippen LogP contribution in [0.15, 0.2) is 50.4 Å². The molecule has 0 atom stereocenters. The lowest BCUT2D eigenvalue weighted by molar-refractivity contribution is 0.516. The molecular weight excluding hydrogens is 320 g/mol. The SMILES string of the molecule is NS(=O)(=O)c1ccc(NCc2occc2Br)cc1. The molecule has 0 saturated heterocycles. The van der Waals surface area contributed by atoms with Crippen LogP contribution in [0, 0.1) is 0 Å². The molecule has 2 rings (SSSR count). The molecule has 5 nitrogen and oxygen atoms in total. The summed E-state index contributed by atoms with van der Waals surface area (Å²) in [5.41, 5.74) is 0.783. The zero-order chi connectivity index (χ0) is 13.2. The average molecular weight is 331 g/mol. The number of nitrogens with two attached hydrogens (primary N) is 1. The van der Waals surface area contributed by atoms with Crippen LogP contribution in [0.1, 0.15) is 5.76 Å². The Labute approximate surface area is 113 Å². The molecular formula is C11H11BrN2O3S. The van der Waals surface area contributed by atoms with Gasteiger partial charge in [-0.1, -0.05) is 0 Å². The van der Waals surface area contributed by atoms with E-state index in [1.165, 1.54) is 12.1 Å². The zero-order valence-electron chi connectivity index (χ0n) is 9.26. The number of furan rings is 1. The van der Waals surface area contributed by atoms with Crippen molar-refractivity contribution in [3.05, 3.63) is 46.8 Å². The van der Waals surface area contributed by atoms with Crippen molar-refractivity contribution >= 4 is 31.6 Å². The quantitative estimate of drug-likeness (QED) is 0.900. The van der Waals surface area contributed by atoms with E-state index in [1.807, 2.05) is 0 Å². The second kappa shape index (κ2) is 5.13. The van der Waals surface area contributed by atoms with Gasteiger partial charge in [0.05, 0.1) is 22.2 Å². The van der Waals surface area contributed by atoms with Crippen molar-refractivity contribution in [2.75, 3.05) is 5.32 Å². The molecule has 0 aliphatic heterocycles. The predicted octanol–water partition coefficient (Wildman–Crippen LogP) is 2.30. The van der Waals surface area contributed by atoms with Crippen LogP contribution in [0.3, 0.4) is 0 Å². The lowest BCUT2D eigenvalue weighted by atomic mass is 10.3. The fraction of sp³-hybridized carbons (Fsp3) is 0.0909. The van der Waals surface area contributed by atoms with E-state index in [4.69, 9.17) is 9.56 Å². The highest BCUT2D eigenvalue weighted by molar-refractivity contribution is 9.10. The molecule has 1 aromatic carbocycles. The summed E-state index contributed by atoms with van der Waals surface area (Å²) >= 11 is 3.35. The van der Waals surface area contributed by atoms with Crippen LogP contribution in [0.4, 0.5) is 5.69 Å². The van der Waals surface area contributed by atoms with E-state index in [2.05, 4.69) is 21.2 Å². The maximum absolute atomic E-state index is 11.1. The van der Waals surface area contributed by atoms with Crippen LogP contribution in [0.2, 0.25) is 0 Å². The second-order valence-corrected chi connectivity index (χ2v) is 6.03. The Bertz CT molecular complexity index is 635. The number of anilines is 1. The highest BCUT2D eigenvalue weighted by Crippen LogP contribution is 2.19. The summed E-state index contributed by atoms with van der Waals surface area (Å²) in [4.78, 5) is 0.0900. The van der Waals surface area contributed by atoms with E-state index in [9.17, 15) is 8.42 Å². The topological polar surface area (TPSA) is 85.3 Å². The number of hydrogen-bond acceptors (Lipinski definition) is 4. The maximum Gasteiger partial charge on any atom is 0.238 e. The Morgan fingerprint density at radius 1 is 1.22 bits per heavy atom. The lowest BCUT2D eigenvalue weighted by Crippen LogP contribution is -2.11. The summed E-state index contributed by atoms with van der Waals surface area (Å²) in [7, 11) is -3.64. The average Bonchev–Trinajstić information content (AvgIpc) is 2.72. The number of hydrogen-bond donors (Lipinski definition) is 2. The van der Waals surface area contributed by atoms with E-state index >= 15 is 0 Å². The van der Waals surface area contributed by atoms with Crippen molar-refractivity contribution in [2.24, 2.45) is 5.14 Å². The highest BCUT2D eigenvalue weighted by Gasteiger charge is 2.07. The Morgan fingerprint density at radius 2 is 1.89 bits per heavy atom. The largest absolute Gasteiger partial charge is 0.466 e. The zero-order valence-corrected chi connectivity index (χ0v) is 11.7. The molecule has 0 aliphatic carbocycles. The van der Waals surface area contributed by atoms with E-state index in [-0.39, 0.29) is 4.90 Å². The molecule has 3 N–H and O–H groups in total. The van der Waals surface area contributed by atoms with Crippen molar-refractivity contribution in [3.63, 3.8) is 0 Å². The fourth-order valence-electron chi connectivity index (χ4n) is 1.40. The molecule has 1 heterocycles. The third-order valence-electron chi connectivity index (χ3n) is 2.33. The lowest BCUT2D eigenvalue weighted by Gasteiger charge is -2.05. The Kier molecular flexibility index (Phi) is 3.74. The number of primary sulfonamides is 1. The molecule has 0 unspecified atom stereocenters. The third-order valence-corrected chi connectivity index (χ3v) is 3.96. The second-order valence-electron chi connectivity index (χ2n) is 3.61. The Balaban J connectivity index is 2.05. The van der Waals surface area contributed by atoms with Gasteiger partial charge in [0.25, 0.3) is 0 Å². The first-order chi connectivity index (χ1) is 8.47. The molecule has 0 saturated carbocycles. The molecule has 2 aromatic rings. The van der Waals surface area contributed by atoms with Crippen LogP contribution in [0.25, 0.3) is 0 Å². The van der Waals surface area contributed by atoms with Crippen LogP contribution in [0.5, 0.6) is 0 Å². The summed E-state index contributed by atoms with van der Waals surface area (Å²) in [5, 5.41) is 8.12. The number of benzene rings is 1. The minimum absolute atomic E-state index is 0.0900. The number of nitrogens with one attached hydrogen (secondary N) is 1. The summed E-state index contributed by atoms with van der Waals surface area (Å²) in [6, 6.07) is 8.01. The molecule has 18 heavy (non-hydrogen) atoms. The van der Waals surface area contributed by atoms with Gasteiger partial charge in [-0.15, -0.1) is 0 Å². The normalized spacial score (nSPS) is 11.4. The number of rotatable bonds is 4. The van der Waals surface area contributed by atoms with Crippen LogP contribution < -0.4 is 10.5 Å². The minimum atomic E-state index is -3.64. The van der Waals surface area contributed by atoms with Gasteiger partial charge >= 0.3 is 0 Å². The van der Waals surface area contributed by atoms with E-state index < -0.39 is 10.0 Å². The van der Waals surface area contributed by atoms with Crippen molar-refractivity contribution in [2.45, 2.75) is 11.4 Å². The van der Waals surface area contributed by atoms with Crippen molar-refractivity contribution in [3.8, 4) is 0 Å². The van der Waals surface area contributed by atoms with Crippen molar-refractivity contribution < 1.29 is 12.8 Å². The van der Waals surface area contributed by atoms with Gasteiger partial charge in [0, 0.05) is 5.69 Å². The molecule has 0 radical (unpaired) electrons. The van der Waals surface area contributed by atoms with Gasteiger partial charge in [0.1, 0.15) is 5.76 Å². The van der Waals surface area contributed by atoms with Gasteiger partial charge in [0.15, 0.2) is 0 Å².